The number of hydrogen-bond donors (Lipinski definition) is 0. The normalized spacial score (nSPS) is 16.7. The van der Waals surface area contributed by atoms with Gasteiger partial charge in [0.2, 0.25) is 0 Å². The summed E-state index contributed by atoms with van der Waals surface area (Å²) >= 11 is 6.00. The molecular formula is C27H26ClN3O3. The summed E-state index contributed by atoms with van der Waals surface area (Å²) in [7, 11) is 0. The Morgan fingerprint density at radius 3 is 2.03 bits per heavy atom. The second kappa shape index (κ2) is 9.87. The number of piperazine rings is 1. The van der Waals surface area contributed by atoms with Crippen molar-refractivity contribution in [3.63, 3.8) is 0 Å². The molecule has 5 rings (SSSR count). The minimum atomic E-state index is 0.0310. The molecule has 2 saturated heterocycles. The molecule has 2 aliphatic rings. The summed E-state index contributed by atoms with van der Waals surface area (Å²) in [5.41, 5.74) is 1.38. The van der Waals surface area contributed by atoms with Gasteiger partial charge in [-0.15, -0.1) is 0 Å². The predicted molar refractivity (Wildman–Crippen MR) is 132 cm³/mol. The van der Waals surface area contributed by atoms with Crippen LogP contribution in [0.25, 0.3) is 0 Å². The maximum atomic E-state index is 12.9. The van der Waals surface area contributed by atoms with Gasteiger partial charge in [-0.25, -0.2) is 0 Å². The first-order valence-electron chi connectivity index (χ1n) is 11.5. The molecule has 0 aromatic heterocycles. The van der Waals surface area contributed by atoms with Crippen molar-refractivity contribution in [3.05, 3.63) is 95.0 Å². The van der Waals surface area contributed by atoms with Gasteiger partial charge in [-0.2, -0.15) is 0 Å². The maximum Gasteiger partial charge on any atom is 0.253 e. The molecule has 0 atom stereocenters. The molecule has 3 aromatic carbocycles. The zero-order chi connectivity index (χ0) is 23.5. The monoisotopic (exact) mass is 475 g/mol. The van der Waals surface area contributed by atoms with Gasteiger partial charge in [0, 0.05) is 61.5 Å². The van der Waals surface area contributed by atoms with E-state index in [1.54, 1.807) is 36.4 Å². The number of benzene rings is 3. The lowest BCUT2D eigenvalue weighted by Crippen LogP contribution is -2.64. The highest BCUT2D eigenvalue weighted by Crippen LogP contribution is 2.26. The molecule has 0 spiro atoms. The topological polar surface area (TPSA) is 53.1 Å². The SMILES string of the molecule is O=C(c1ccccc1)N1CCN(C2CN(C(=O)c3ccc(Oc4cccc(Cl)c4)cc3)C2)CC1. The molecule has 0 radical (unpaired) electrons. The summed E-state index contributed by atoms with van der Waals surface area (Å²) in [6.07, 6.45) is 0. The third kappa shape index (κ3) is 4.93. The highest BCUT2D eigenvalue weighted by atomic mass is 35.5. The van der Waals surface area contributed by atoms with Crippen LogP contribution in [0.3, 0.4) is 0 Å². The Balaban J connectivity index is 1.09. The van der Waals surface area contributed by atoms with Crippen LogP contribution in [0, 0.1) is 0 Å². The second-order valence-corrected chi connectivity index (χ2v) is 9.08. The van der Waals surface area contributed by atoms with Gasteiger partial charge >= 0.3 is 0 Å². The van der Waals surface area contributed by atoms with Crippen LogP contribution in [0.2, 0.25) is 5.02 Å². The predicted octanol–water partition coefficient (Wildman–Crippen LogP) is 4.41. The quantitative estimate of drug-likeness (QED) is 0.548. The van der Waals surface area contributed by atoms with E-state index in [1.807, 2.05) is 52.3 Å². The average Bonchev–Trinajstić information content (AvgIpc) is 2.84. The van der Waals surface area contributed by atoms with Crippen molar-refractivity contribution in [2.24, 2.45) is 0 Å². The van der Waals surface area contributed by atoms with Crippen molar-refractivity contribution < 1.29 is 14.3 Å². The Labute approximate surface area is 204 Å². The van der Waals surface area contributed by atoms with Crippen LogP contribution in [0.4, 0.5) is 0 Å². The van der Waals surface area contributed by atoms with Gasteiger partial charge in [-0.05, 0) is 54.6 Å². The number of carbonyl (C=O) groups is 2. The summed E-state index contributed by atoms with van der Waals surface area (Å²) in [5, 5.41) is 0.612. The van der Waals surface area contributed by atoms with Crippen LogP contribution in [0.15, 0.2) is 78.9 Å². The molecule has 0 saturated carbocycles. The largest absolute Gasteiger partial charge is 0.457 e. The molecule has 34 heavy (non-hydrogen) atoms. The van der Waals surface area contributed by atoms with E-state index in [1.165, 1.54) is 0 Å². The van der Waals surface area contributed by atoms with Crippen LogP contribution in [-0.2, 0) is 0 Å². The molecule has 0 aliphatic carbocycles. The van der Waals surface area contributed by atoms with Gasteiger partial charge in [0.15, 0.2) is 0 Å². The van der Waals surface area contributed by atoms with Crippen molar-refractivity contribution in [2.75, 3.05) is 39.3 Å². The minimum absolute atomic E-state index is 0.0310. The number of rotatable bonds is 5. The first kappa shape index (κ1) is 22.4. The van der Waals surface area contributed by atoms with E-state index >= 15 is 0 Å². The highest BCUT2D eigenvalue weighted by Gasteiger charge is 2.37. The third-order valence-corrected chi connectivity index (χ3v) is 6.66. The van der Waals surface area contributed by atoms with Crippen molar-refractivity contribution in [1.29, 1.82) is 0 Å². The summed E-state index contributed by atoms with van der Waals surface area (Å²) in [4.78, 5) is 31.7. The lowest BCUT2D eigenvalue weighted by atomic mass is 10.0. The van der Waals surface area contributed by atoms with Crippen molar-refractivity contribution in [3.8, 4) is 11.5 Å². The van der Waals surface area contributed by atoms with Crippen LogP contribution < -0.4 is 4.74 Å². The molecule has 2 fully saturated rings. The van der Waals surface area contributed by atoms with Gasteiger partial charge in [0.1, 0.15) is 11.5 Å². The molecule has 2 heterocycles. The zero-order valence-electron chi connectivity index (χ0n) is 18.8. The molecule has 0 N–H and O–H groups in total. The van der Waals surface area contributed by atoms with Gasteiger partial charge in [0.25, 0.3) is 11.8 Å². The summed E-state index contributed by atoms with van der Waals surface area (Å²) < 4.78 is 5.80. The van der Waals surface area contributed by atoms with Crippen LogP contribution in [0.1, 0.15) is 20.7 Å². The molecule has 6 nitrogen and oxygen atoms in total. The fourth-order valence-corrected chi connectivity index (χ4v) is 4.60. The van der Waals surface area contributed by atoms with Gasteiger partial charge in [-0.3, -0.25) is 14.5 Å². The van der Waals surface area contributed by atoms with Gasteiger partial charge in [0.05, 0.1) is 0 Å². The first-order valence-corrected chi connectivity index (χ1v) is 11.9. The van der Waals surface area contributed by atoms with Crippen LogP contribution in [-0.4, -0.2) is 71.8 Å². The van der Waals surface area contributed by atoms with E-state index in [-0.39, 0.29) is 11.8 Å². The van der Waals surface area contributed by atoms with Gasteiger partial charge < -0.3 is 14.5 Å². The van der Waals surface area contributed by atoms with E-state index in [2.05, 4.69) is 4.90 Å². The Hall–Kier alpha value is -3.35. The minimum Gasteiger partial charge on any atom is -0.457 e. The molecule has 174 valence electrons. The fourth-order valence-electron chi connectivity index (χ4n) is 4.42. The molecule has 3 aromatic rings. The summed E-state index contributed by atoms with van der Waals surface area (Å²) in [6, 6.07) is 24.2. The van der Waals surface area contributed by atoms with Crippen LogP contribution >= 0.6 is 11.6 Å². The first-order chi connectivity index (χ1) is 16.6. The highest BCUT2D eigenvalue weighted by molar-refractivity contribution is 6.30. The number of hydrogen-bond acceptors (Lipinski definition) is 4. The third-order valence-electron chi connectivity index (χ3n) is 6.42. The molecule has 2 amide bonds. The Bertz CT molecular complexity index is 1160. The lowest BCUT2D eigenvalue weighted by Gasteiger charge is -2.48. The second-order valence-electron chi connectivity index (χ2n) is 8.64. The Morgan fingerprint density at radius 1 is 0.706 bits per heavy atom. The smallest absolute Gasteiger partial charge is 0.253 e. The molecule has 2 aliphatic heterocycles. The fraction of sp³-hybridized carbons (Fsp3) is 0.259. The van der Waals surface area contributed by atoms with E-state index < -0.39 is 0 Å². The number of nitrogens with zero attached hydrogens (tertiary/aromatic N) is 3. The standard InChI is InChI=1S/C27H26ClN3O3/c28-22-7-4-8-25(17-22)34-24-11-9-21(10-12-24)27(33)31-18-23(19-31)29-13-15-30(16-14-29)26(32)20-5-2-1-3-6-20/h1-12,17,23H,13-16,18-19H2. The number of carbonyl (C=O) groups excluding carboxylic acids is 2. The van der Waals surface area contributed by atoms with Crippen molar-refractivity contribution in [2.45, 2.75) is 6.04 Å². The van der Waals surface area contributed by atoms with Crippen molar-refractivity contribution in [1.82, 2.24) is 14.7 Å². The maximum absolute atomic E-state index is 12.9. The van der Waals surface area contributed by atoms with E-state index in [0.717, 1.165) is 18.7 Å². The molecule has 7 heteroatoms. The number of amides is 2. The van der Waals surface area contributed by atoms with Crippen LogP contribution in [0.5, 0.6) is 11.5 Å². The zero-order valence-corrected chi connectivity index (χ0v) is 19.5. The van der Waals surface area contributed by atoms with E-state index in [4.69, 9.17) is 16.3 Å². The van der Waals surface area contributed by atoms with Gasteiger partial charge in [-0.1, -0.05) is 35.9 Å². The Kier molecular flexibility index (Phi) is 6.52. The van der Waals surface area contributed by atoms with E-state index in [0.29, 0.717) is 54.3 Å². The summed E-state index contributed by atoms with van der Waals surface area (Å²) in [5.74, 6) is 1.43. The Morgan fingerprint density at radius 2 is 1.35 bits per heavy atom. The number of likely N-dealkylation sites (tertiary alicyclic amines) is 1. The molecule has 0 unspecified atom stereocenters. The number of halogens is 1. The van der Waals surface area contributed by atoms with E-state index in [9.17, 15) is 9.59 Å². The average molecular weight is 476 g/mol. The summed E-state index contributed by atoms with van der Waals surface area (Å²) in [6.45, 7) is 4.53. The number of ether oxygens (including phenoxy) is 1. The van der Waals surface area contributed by atoms with Crippen molar-refractivity contribution >= 4 is 23.4 Å². The lowest BCUT2D eigenvalue weighted by molar-refractivity contribution is 0.00854. The molecule has 0 bridgehead atoms. The molecular weight excluding hydrogens is 450 g/mol.